The predicted molar refractivity (Wildman–Crippen MR) is 69.2 cm³/mol. The summed E-state index contributed by atoms with van der Waals surface area (Å²) in [5, 5.41) is 0. The van der Waals surface area contributed by atoms with Gasteiger partial charge >= 0.3 is 0 Å². The van der Waals surface area contributed by atoms with E-state index >= 15 is 0 Å². The van der Waals surface area contributed by atoms with Crippen molar-refractivity contribution in [1.29, 1.82) is 0 Å². The van der Waals surface area contributed by atoms with E-state index in [1.54, 1.807) is 10.2 Å². The first-order valence-electron chi connectivity index (χ1n) is 5.32. The Bertz CT molecular complexity index is 343. The van der Waals surface area contributed by atoms with E-state index in [4.69, 9.17) is 11.8 Å². The van der Waals surface area contributed by atoms with Gasteiger partial charge in [0.05, 0.1) is 5.69 Å². The smallest absolute Gasteiger partial charge is 0.0647 e. The normalized spacial score (nSPS) is 10.3. The van der Waals surface area contributed by atoms with Gasteiger partial charge in [-0.25, -0.2) is 0 Å². The second-order valence-corrected chi connectivity index (χ2v) is 4.00. The minimum absolute atomic E-state index is 0.954. The number of aromatic nitrogens is 1. The molecule has 0 saturated heterocycles. The molecule has 82 valence electrons. The van der Waals surface area contributed by atoms with Crippen molar-refractivity contribution in [3.05, 3.63) is 35.7 Å². The van der Waals surface area contributed by atoms with Gasteiger partial charge in [0.1, 0.15) is 0 Å². The minimum Gasteiger partial charge on any atom is -0.257 e. The number of halogens is 1. The highest BCUT2D eigenvalue weighted by atomic mass is 35.5. The minimum atomic E-state index is 0.954. The van der Waals surface area contributed by atoms with E-state index in [1.807, 2.05) is 6.08 Å². The van der Waals surface area contributed by atoms with Crippen LogP contribution < -0.4 is 0 Å². The Balaban J connectivity index is 3.21. The SMILES string of the molecule is C=Cc1c(C)c(CCCC)n(Cl)c1C=C. The summed E-state index contributed by atoms with van der Waals surface area (Å²) in [5.41, 5.74) is 4.47. The Morgan fingerprint density at radius 3 is 2.40 bits per heavy atom. The van der Waals surface area contributed by atoms with Gasteiger partial charge in [0.15, 0.2) is 0 Å². The zero-order valence-electron chi connectivity index (χ0n) is 9.52. The summed E-state index contributed by atoms with van der Waals surface area (Å²) < 4.78 is 1.72. The molecular formula is C13H18ClN. The molecule has 0 amide bonds. The van der Waals surface area contributed by atoms with Gasteiger partial charge in [-0.15, -0.1) is 0 Å². The standard InChI is InChI=1S/C13H18ClN/c1-5-8-9-13-10(4)11(6-2)12(7-3)15(13)14/h6-7H,2-3,5,8-9H2,1,4H3. The van der Waals surface area contributed by atoms with E-state index in [0.717, 1.165) is 24.1 Å². The van der Waals surface area contributed by atoms with Crippen LogP contribution in [0.4, 0.5) is 0 Å². The lowest BCUT2D eigenvalue weighted by molar-refractivity contribution is 0.768. The molecule has 0 aliphatic carbocycles. The summed E-state index contributed by atoms with van der Waals surface area (Å²) in [6.07, 6.45) is 6.98. The molecule has 0 aromatic carbocycles. The van der Waals surface area contributed by atoms with Gasteiger partial charge in [-0.05, 0) is 31.4 Å². The van der Waals surface area contributed by atoms with Gasteiger partial charge in [0.2, 0.25) is 0 Å². The molecular weight excluding hydrogens is 206 g/mol. The highest BCUT2D eigenvalue weighted by molar-refractivity contribution is 6.17. The van der Waals surface area contributed by atoms with Gasteiger partial charge in [-0.1, -0.05) is 32.6 Å². The van der Waals surface area contributed by atoms with Crippen LogP contribution in [-0.4, -0.2) is 4.09 Å². The maximum Gasteiger partial charge on any atom is 0.0647 e. The average Bonchev–Trinajstić information content (AvgIpc) is 2.47. The molecule has 0 N–H and O–H groups in total. The molecule has 1 rings (SSSR count). The third kappa shape index (κ3) is 2.18. The van der Waals surface area contributed by atoms with E-state index in [9.17, 15) is 0 Å². The molecule has 15 heavy (non-hydrogen) atoms. The highest BCUT2D eigenvalue weighted by Gasteiger charge is 2.14. The summed E-state index contributed by atoms with van der Waals surface area (Å²) >= 11 is 6.25. The Labute approximate surface area is 97.2 Å². The molecule has 0 saturated carbocycles. The van der Waals surface area contributed by atoms with Crippen LogP contribution in [0.15, 0.2) is 13.2 Å². The maximum absolute atomic E-state index is 6.25. The van der Waals surface area contributed by atoms with Crippen LogP contribution in [0.3, 0.4) is 0 Å². The fraction of sp³-hybridized carbons (Fsp3) is 0.385. The van der Waals surface area contributed by atoms with E-state index < -0.39 is 0 Å². The highest BCUT2D eigenvalue weighted by Crippen LogP contribution is 2.27. The largest absolute Gasteiger partial charge is 0.257 e. The third-order valence-corrected chi connectivity index (χ3v) is 3.11. The zero-order chi connectivity index (χ0) is 11.4. The first-order chi connectivity index (χ1) is 7.17. The van der Waals surface area contributed by atoms with Crippen molar-refractivity contribution < 1.29 is 0 Å². The lowest BCUT2D eigenvalue weighted by Gasteiger charge is -2.02. The monoisotopic (exact) mass is 223 g/mol. The van der Waals surface area contributed by atoms with E-state index in [-0.39, 0.29) is 0 Å². The molecule has 0 fully saturated rings. The Morgan fingerprint density at radius 1 is 1.33 bits per heavy atom. The number of hydrogen-bond acceptors (Lipinski definition) is 0. The van der Waals surface area contributed by atoms with Crippen LogP contribution >= 0.6 is 11.8 Å². The second-order valence-electron chi connectivity index (χ2n) is 3.66. The fourth-order valence-electron chi connectivity index (χ4n) is 1.82. The quantitative estimate of drug-likeness (QED) is 0.696. The summed E-state index contributed by atoms with van der Waals surface area (Å²) in [5.74, 6) is 0. The predicted octanol–water partition coefficient (Wildman–Crippen LogP) is 4.43. The van der Waals surface area contributed by atoms with Crippen molar-refractivity contribution in [3.63, 3.8) is 0 Å². The van der Waals surface area contributed by atoms with Crippen LogP contribution in [0.1, 0.15) is 42.3 Å². The average molecular weight is 224 g/mol. The van der Waals surface area contributed by atoms with Crippen LogP contribution in [0, 0.1) is 6.92 Å². The molecule has 0 aliphatic rings. The van der Waals surface area contributed by atoms with Crippen molar-refractivity contribution in [2.75, 3.05) is 0 Å². The second kappa shape index (κ2) is 5.22. The summed E-state index contributed by atoms with van der Waals surface area (Å²) in [6, 6.07) is 0. The van der Waals surface area contributed by atoms with Gasteiger partial charge in [-0.2, -0.15) is 0 Å². The molecule has 1 heterocycles. The molecule has 1 aromatic rings. The maximum atomic E-state index is 6.25. The van der Waals surface area contributed by atoms with Crippen LogP contribution in [0.25, 0.3) is 12.2 Å². The molecule has 0 bridgehead atoms. The Kier molecular flexibility index (Phi) is 4.22. The van der Waals surface area contributed by atoms with Crippen LogP contribution in [0.5, 0.6) is 0 Å². The molecule has 1 aromatic heterocycles. The lowest BCUT2D eigenvalue weighted by Crippen LogP contribution is -1.94. The molecule has 0 aliphatic heterocycles. The number of nitrogens with zero attached hydrogens (tertiary/aromatic N) is 1. The summed E-state index contributed by atoms with van der Waals surface area (Å²) in [4.78, 5) is 0. The fourth-order valence-corrected chi connectivity index (χ4v) is 2.19. The molecule has 0 spiro atoms. The number of unbranched alkanes of at least 4 members (excludes halogenated alkanes) is 1. The molecule has 2 heteroatoms. The summed E-state index contributed by atoms with van der Waals surface area (Å²) in [6.45, 7) is 11.9. The van der Waals surface area contributed by atoms with Crippen LogP contribution in [0.2, 0.25) is 0 Å². The van der Waals surface area contributed by atoms with E-state index in [2.05, 4.69) is 27.0 Å². The first-order valence-corrected chi connectivity index (χ1v) is 5.66. The third-order valence-electron chi connectivity index (χ3n) is 2.73. The van der Waals surface area contributed by atoms with Crippen LogP contribution in [-0.2, 0) is 6.42 Å². The van der Waals surface area contributed by atoms with Crippen molar-refractivity contribution in [2.45, 2.75) is 33.1 Å². The van der Waals surface area contributed by atoms with Crippen molar-refractivity contribution >= 4 is 23.9 Å². The molecule has 1 nitrogen and oxygen atoms in total. The van der Waals surface area contributed by atoms with Crippen molar-refractivity contribution in [2.24, 2.45) is 0 Å². The summed E-state index contributed by atoms with van der Waals surface area (Å²) in [7, 11) is 0. The number of rotatable bonds is 5. The molecule has 0 radical (unpaired) electrons. The first kappa shape index (κ1) is 12.1. The van der Waals surface area contributed by atoms with Gasteiger partial charge < -0.3 is 0 Å². The Morgan fingerprint density at radius 2 is 2.00 bits per heavy atom. The van der Waals surface area contributed by atoms with E-state index in [0.29, 0.717) is 0 Å². The topological polar surface area (TPSA) is 4.93 Å². The van der Waals surface area contributed by atoms with Gasteiger partial charge in [0.25, 0.3) is 0 Å². The Hall–Kier alpha value is -0.950. The van der Waals surface area contributed by atoms with E-state index in [1.165, 1.54) is 17.7 Å². The van der Waals surface area contributed by atoms with Crippen molar-refractivity contribution in [3.8, 4) is 0 Å². The molecule has 0 atom stereocenters. The van der Waals surface area contributed by atoms with Gasteiger partial charge in [-0.3, -0.25) is 4.09 Å². The lowest BCUT2D eigenvalue weighted by atomic mass is 10.1. The number of hydrogen-bond donors (Lipinski definition) is 0. The van der Waals surface area contributed by atoms with Crippen molar-refractivity contribution in [1.82, 2.24) is 4.09 Å². The zero-order valence-corrected chi connectivity index (χ0v) is 10.3. The van der Waals surface area contributed by atoms with Gasteiger partial charge in [0, 0.05) is 23.0 Å². The molecule has 0 unspecified atom stereocenters.